The molecule has 6 aliphatic carbocycles. The van der Waals surface area contributed by atoms with Crippen LogP contribution in [0, 0.1) is 67.2 Å². The Morgan fingerprint density at radius 3 is 0.726 bits per heavy atom. The molecule has 10 rings (SSSR count). The van der Waals surface area contributed by atoms with Crippen LogP contribution in [-0.4, -0.2) is 20.4 Å². The van der Waals surface area contributed by atoms with Crippen molar-refractivity contribution >= 4 is 0 Å². The molecule has 0 atom stereocenters. The van der Waals surface area contributed by atoms with Crippen LogP contribution in [0.5, 0.6) is 23.0 Å². The molecule has 4 heteroatoms. The summed E-state index contributed by atoms with van der Waals surface area (Å²) in [6.07, 6.45) is 34.9. The van der Waals surface area contributed by atoms with Gasteiger partial charge in [-0.3, -0.25) is 0 Å². The summed E-state index contributed by atoms with van der Waals surface area (Å²) in [4.78, 5) is 0. The van der Waals surface area contributed by atoms with E-state index in [2.05, 4.69) is 79.7 Å². The Bertz CT molecular complexity index is 2280. The van der Waals surface area contributed by atoms with Gasteiger partial charge in [-0.2, -0.15) is 0 Å². The third-order valence-electron chi connectivity index (χ3n) is 21.8. The maximum atomic E-state index is 11.8. The van der Waals surface area contributed by atoms with Crippen LogP contribution < -0.4 is 0 Å². The van der Waals surface area contributed by atoms with E-state index in [0.717, 1.165) is 25.7 Å². The van der Waals surface area contributed by atoms with Crippen LogP contribution in [0.25, 0.3) is 0 Å². The fraction of sp³-hybridized carbons (Fsp3) is 0.652. The third kappa shape index (κ3) is 9.59. The maximum Gasteiger partial charge on any atom is 0.119 e. The summed E-state index contributed by atoms with van der Waals surface area (Å²) in [6.45, 7) is 18.6. The Morgan fingerprint density at radius 2 is 0.521 bits per heavy atom. The summed E-state index contributed by atoms with van der Waals surface area (Å²) in [5, 5.41) is 47.4. The van der Waals surface area contributed by atoms with Gasteiger partial charge in [-0.05, 0) is 291 Å². The van der Waals surface area contributed by atoms with Crippen molar-refractivity contribution in [3.05, 3.63) is 113 Å². The van der Waals surface area contributed by atoms with Crippen LogP contribution in [0.1, 0.15) is 299 Å². The van der Waals surface area contributed by atoms with E-state index < -0.39 is 0 Å². The normalized spacial score (nSPS) is 22.2. The minimum Gasteiger partial charge on any atom is -0.508 e. The number of aryl methyl sites for hydroxylation is 4. The van der Waals surface area contributed by atoms with Crippen molar-refractivity contribution in [1.29, 1.82) is 0 Å². The van der Waals surface area contributed by atoms with E-state index in [1.165, 1.54) is 250 Å². The Morgan fingerprint density at radius 1 is 0.315 bits per heavy atom. The van der Waals surface area contributed by atoms with Gasteiger partial charge in [0.25, 0.3) is 0 Å². The lowest BCUT2D eigenvalue weighted by molar-refractivity contribution is 0.183. The molecular formula is C69H96O4. The van der Waals surface area contributed by atoms with Crippen LogP contribution in [0.15, 0.2) is 24.3 Å². The maximum absolute atomic E-state index is 11.8. The van der Waals surface area contributed by atoms with Crippen molar-refractivity contribution in [2.75, 3.05) is 0 Å². The van der Waals surface area contributed by atoms with Crippen LogP contribution in [0.4, 0.5) is 0 Å². The van der Waals surface area contributed by atoms with Crippen molar-refractivity contribution in [2.45, 2.75) is 276 Å². The molecule has 0 heterocycles. The molecule has 0 amide bonds. The molecule has 0 unspecified atom stereocenters. The van der Waals surface area contributed by atoms with Gasteiger partial charge in [-0.15, -0.1) is 0 Å². The first kappa shape index (κ1) is 52.5. The fourth-order valence-corrected chi connectivity index (χ4v) is 19.0. The Labute approximate surface area is 442 Å². The number of phenolic OH excluding ortho intramolecular Hbond substituents is 4. The fourth-order valence-electron chi connectivity index (χ4n) is 19.0. The largest absolute Gasteiger partial charge is 0.508 e. The summed E-state index contributed by atoms with van der Waals surface area (Å²) < 4.78 is 0. The Hall–Kier alpha value is -3.92. The van der Waals surface area contributed by atoms with Crippen molar-refractivity contribution in [1.82, 2.24) is 0 Å². The van der Waals surface area contributed by atoms with Gasteiger partial charge in [-0.1, -0.05) is 77.0 Å². The SMILES string of the molecule is Cc1cc(O)c(C2CCCCC2)c(C)c1C1(c2c(C)cc(O)c(C3CCCCC3)c2C)CCC(CC2CCC(c3c(C)cc(O)c(C4CCCCC4)c3C)(c3c(C)cc(O)c(C4CCCCC4)c3C)CC2)CC1. The molecule has 6 fully saturated rings. The Kier molecular flexibility index (Phi) is 15.5. The second-order valence-corrected chi connectivity index (χ2v) is 26.1. The lowest BCUT2D eigenvalue weighted by Crippen LogP contribution is -2.39. The molecule has 4 N–H and O–H groups in total. The van der Waals surface area contributed by atoms with E-state index in [-0.39, 0.29) is 10.8 Å². The average molecular weight is 990 g/mol. The van der Waals surface area contributed by atoms with E-state index in [1.807, 2.05) is 0 Å². The smallest absolute Gasteiger partial charge is 0.119 e. The molecule has 4 aromatic rings. The highest BCUT2D eigenvalue weighted by atomic mass is 16.3. The molecule has 0 aromatic heterocycles. The first-order valence-electron chi connectivity index (χ1n) is 30.5. The number of phenols is 4. The molecule has 0 bridgehead atoms. The van der Waals surface area contributed by atoms with E-state index in [9.17, 15) is 20.4 Å². The van der Waals surface area contributed by atoms with Crippen LogP contribution in [-0.2, 0) is 10.8 Å². The molecule has 0 radical (unpaired) electrons. The van der Waals surface area contributed by atoms with Gasteiger partial charge in [0, 0.05) is 33.1 Å². The second kappa shape index (κ2) is 21.6. The number of rotatable bonds is 10. The van der Waals surface area contributed by atoms with Crippen molar-refractivity contribution in [2.24, 2.45) is 11.8 Å². The topological polar surface area (TPSA) is 80.9 Å². The van der Waals surface area contributed by atoms with E-state index in [4.69, 9.17) is 0 Å². The predicted octanol–water partition coefficient (Wildman–Crippen LogP) is 19.2. The summed E-state index contributed by atoms with van der Waals surface area (Å²) in [7, 11) is 0. The highest BCUT2D eigenvalue weighted by Gasteiger charge is 2.48. The van der Waals surface area contributed by atoms with Gasteiger partial charge in [0.15, 0.2) is 0 Å². The molecule has 0 saturated heterocycles. The van der Waals surface area contributed by atoms with Crippen molar-refractivity contribution in [3.63, 3.8) is 0 Å². The predicted molar refractivity (Wildman–Crippen MR) is 304 cm³/mol. The minimum absolute atomic E-state index is 0.178. The van der Waals surface area contributed by atoms with Crippen LogP contribution in [0.3, 0.4) is 0 Å². The molecule has 0 aliphatic heterocycles. The van der Waals surface area contributed by atoms with Gasteiger partial charge in [0.05, 0.1) is 0 Å². The molecule has 73 heavy (non-hydrogen) atoms. The van der Waals surface area contributed by atoms with Gasteiger partial charge in [-0.25, -0.2) is 0 Å². The number of hydrogen-bond acceptors (Lipinski definition) is 4. The van der Waals surface area contributed by atoms with Crippen molar-refractivity contribution < 1.29 is 20.4 Å². The second-order valence-electron chi connectivity index (χ2n) is 26.1. The summed E-state index contributed by atoms with van der Waals surface area (Å²) >= 11 is 0. The summed E-state index contributed by atoms with van der Waals surface area (Å²) in [5.41, 5.74) is 20.8. The Balaban J connectivity index is 1.00. The molecule has 6 saturated carbocycles. The first-order valence-corrected chi connectivity index (χ1v) is 30.5. The standard InChI is InChI=1S/C69H96O4/c1-42-37-56(70)60(52-21-13-9-14-22-52)46(5)64(42)68(65-43(2)38-57(71)61(47(65)6)53-23-15-10-16-24-53)33-29-50(30-34-68)41-51-31-35-69(36-32-51,66-44(3)39-58(72)62(48(66)7)54-25-17-11-18-26-54)67-45(4)40-59(73)63(49(67)8)55-27-19-12-20-28-55/h37-40,50-55,70-73H,9-36,41H2,1-8H3. The zero-order valence-electron chi connectivity index (χ0n) is 47.1. The highest BCUT2D eigenvalue weighted by molar-refractivity contribution is 5.63. The van der Waals surface area contributed by atoms with Gasteiger partial charge in [0.2, 0.25) is 0 Å². The van der Waals surface area contributed by atoms with Gasteiger partial charge >= 0.3 is 0 Å². The first-order chi connectivity index (χ1) is 35.1. The average Bonchev–Trinajstić information content (AvgIpc) is 3.36. The summed E-state index contributed by atoms with van der Waals surface area (Å²) in [6, 6.07) is 8.58. The van der Waals surface area contributed by atoms with E-state index >= 15 is 0 Å². The number of aromatic hydroxyl groups is 4. The third-order valence-corrected chi connectivity index (χ3v) is 21.8. The van der Waals surface area contributed by atoms with Crippen LogP contribution in [0.2, 0.25) is 0 Å². The zero-order valence-corrected chi connectivity index (χ0v) is 47.1. The monoisotopic (exact) mass is 989 g/mol. The van der Waals surface area contributed by atoms with E-state index in [1.54, 1.807) is 0 Å². The van der Waals surface area contributed by atoms with Crippen LogP contribution >= 0.6 is 0 Å². The lowest BCUT2D eigenvalue weighted by Gasteiger charge is -2.48. The molecule has 6 aliphatic rings. The molecular weight excluding hydrogens is 893 g/mol. The minimum atomic E-state index is -0.178. The van der Waals surface area contributed by atoms with E-state index in [0.29, 0.717) is 58.5 Å². The highest BCUT2D eigenvalue weighted by Crippen LogP contribution is 2.59. The quantitative estimate of drug-likeness (QED) is 0.128. The van der Waals surface area contributed by atoms with Gasteiger partial charge < -0.3 is 20.4 Å². The molecule has 4 nitrogen and oxygen atoms in total. The molecule has 4 aromatic carbocycles. The van der Waals surface area contributed by atoms with Crippen molar-refractivity contribution in [3.8, 4) is 23.0 Å². The number of benzene rings is 4. The molecule has 0 spiro atoms. The molecule has 396 valence electrons. The number of hydrogen-bond donors (Lipinski definition) is 4. The summed E-state index contributed by atoms with van der Waals surface area (Å²) in [5.74, 6) is 5.02. The zero-order chi connectivity index (χ0) is 51.3. The lowest BCUT2D eigenvalue weighted by atomic mass is 9.56. The van der Waals surface area contributed by atoms with Gasteiger partial charge in [0.1, 0.15) is 23.0 Å².